The third kappa shape index (κ3) is 3.06. The highest BCUT2D eigenvalue weighted by Gasteiger charge is 2.30. The number of aromatic nitrogens is 1. The quantitative estimate of drug-likeness (QED) is 0.677. The van der Waals surface area contributed by atoms with E-state index in [1.165, 1.54) is 16.7 Å². The molecule has 2 aromatic carbocycles. The lowest BCUT2D eigenvalue weighted by Crippen LogP contribution is -2.16. The average Bonchev–Trinajstić information content (AvgIpc) is 2.91. The zero-order valence-corrected chi connectivity index (χ0v) is 15.4. The van der Waals surface area contributed by atoms with Crippen molar-refractivity contribution in [1.29, 1.82) is 0 Å². The van der Waals surface area contributed by atoms with Gasteiger partial charge in [0.2, 0.25) is 0 Å². The van der Waals surface area contributed by atoms with E-state index >= 15 is 0 Å². The molecule has 0 unspecified atom stereocenters. The lowest BCUT2D eigenvalue weighted by Gasteiger charge is -2.12. The fourth-order valence-corrected chi connectivity index (χ4v) is 3.61. The van der Waals surface area contributed by atoms with Gasteiger partial charge in [-0.25, -0.2) is 4.39 Å². The van der Waals surface area contributed by atoms with Crippen molar-refractivity contribution in [3.8, 4) is 5.75 Å². The maximum atomic E-state index is 14.8. The zero-order chi connectivity index (χ0) is 19.9. The van der Waals surface area contributed by atoms with Gasteiger partial charge in [0.15, 0.2) is 11.6 Å². The van der Waals surface area contributed by atoms with Crippen LogP contribution in [0.4, 0.5) is 4.39 Å². The Balaban J connectivity index is 2.38. The Labute approximate surface area is 159 Å². The normalized spacial score (nSPS) is 12.3. The summed E-state index contributed by atoms with van der Waals surface area (Å²) in [5.41, 5.74) is 0.978. The van der Waals surface area contributed by atoms with Crippen molar-refractivity contribution in [2.75, 3.05) is 0 Å². The molecule has 140 valence electrons. The molecule has 1 aromatic heterocycles. The first-order valence-corrected chi connectivity index (χ1v) is 8.71. The number of phenols is 1. The second kappa shape index (κ2) is 7.04. The fourth-order valence-electron chi connectivity index (χ4n) is 3.42. The van der Waals surface area contributed by atoms with E-state index in [-0.39, 0.29) is 28.5 Å². The second-order valence-corrected chi connectivity index (χ2v) is 6.68. The number of aliphatic carboxylic acids is 1. The van der Waals surface area contributed by atoms with Crippen molar-refractivity contribution in [3.63, 3.8) is 0 Å². The van der Waals surface area contributed by atoms with Crippen LogP contribution in [-0.2, 0) is 4.79 Å². The van der Waals surface area contributed by atoms with Gasteiger partial charge in [-0.3, -0.25) is 14.2 Å². The average molecular weight is 390 g/mol. The molecular formula is C20H17ClFNO4. The standard InChI is InChI=1S/C20H17ClFNO4/c1-3-13(20(26)27)16-10(2)23(14-7-8-15(24)18(22)17(14)16)19(25)11-5-4-6-12(21)9-11/h4-9,13,24H,3H2,1-2H3,(H,26,27)/t13-/m0/s1. The minimum absolute atomic E-state index is 0.0582. The molecule has 0 aliphatic rings. The van der Waals surface area contributed by atoms with Crippen LogP contribution in [0, 0.1) is 12.7 Å². The molecule has 7 heteroatoms. The van der Waals surface area contributed by atoms with Crippen LogP contribution < -0.4 is 0 Å². The summed E-state index contributed by atoms with van der Waals surface area (Å²) >= 11 is 5.97. The lowest BCUT2D eigenvalue weighted by molar-refractivity contribution is -0.138. The topological polar surface area (TPSA) is 79.5 Å². The van der Waals surface area contributed by atoms with Gasteiger partial charge in [0.05, 0.1) is 11.4 Å². The first kappa shape index (κ1) is 18.9. The van der Waals surface area contributed by atoms with Crippen molar-refractivity contribution in [3.05, 3.63) is 64.1 Å². The SMILES string of the molecule is CC[C@H](C(=O)O)c1c(C)n(C(=O)c2cccc(Cl)c2)c2ccc(O)c(F)c12. The minimum Gasteiger partial charge on any atom is -0.505 e. The fraction of sp³-hybridized carbons (Fsp3) is 0.200. The molecule has 0 aliphatic carbocycles. The molecule has 3 rings (SSSR count). The number of rotatable bonds is 4. The third-order valence-corrected chi connectivity index (χ3v) is 4.90. The molecule has 1 atom stereocenters. The summed E-state index contributed by atoms with van der Waals surface area (Å²) in [6.45, 7) is 3.24. The Bertz CT molecular complexity index is 1070. The molecule has 3 aromatic rings. The van der Waals surface area contributed by atoms with Crippen LogP contribution in [0.5, 0.6) is 5.75 Å². The van der Waals surface area contributed by atoms with Crippen molar-refractivity contribution in [2.45, 2.75) is 26.2 Å². The molecule has 0 amide bonds. The number of nitrogens with zero attached hydrogens (tertiary/aromatic N) is 1. The number of benzene rings is 2. The second-order valence-electron chi connectivity index (χ2n) is 6.24. The Morgan fingerprint density at radius 1 is 1.26 bits per heavy atom. The van der Waals surface area contributed by atoms with Crippen molar-refractivity contribution in [2.24, 2.45) is 0 Å². The number of aromatic hydroxyl groups is 1. The number of fused-ring (bicyclic) bond motifs is 1. The van der Waals surface area contributed by atoms with E-state index in [0.29, 0.717) is 10.7 Å². The molecule has 27 heavy (non-hydrogen) atoms. The van der Waals surface area contributed by atoms with Crippen LogP contribution in [-0.4, -0.2) is 26.7 Å². The molecule has 0 saturated heterocycles. The number of carbonyl (C=O) groups excluding carboxylic acids is 1. The molecule has 0 bridgehead atoms. The van der Waals surface area contributed by atoms with E-state index in [0.717, 1.165) is 6.07 Å². The van der Waals surface area contributed by atoms with Crippen molar-refractivity contribution in [1.82, 2.24) is 4.57 Å². The van der Waals surface area contributed by atoms with Gasteiger partial charge in [0, 0.05) is 21.7 Å². The number of carboxylic acids is 1. The summed E-state index contributed by atoms with van der Waals surface area (Å²) in [6, 6.07) is 8.85. The first-order valence-electron chi connectivity index (χ1n) is 8.33. The Morgan fingerprint density at radius 2 is 1.96 bits per heavy atom. The molecule has 0 radical (unpaired) electrons. The Hall–Kier alpha value is -2.86. The molecule has 0 aliphatic heterocycles. The van der Waals surface area contributed by atoms with E-state index in [1.807, 2.05) is 0 Å². The predicted octanol–water partition coefficient (Wildman–Crippen LogP) is 4.71. The molecule has 0 spiro atoms. The van der Waals surface area contributed by atoms with Crippen LogP contribution in [0.25, 0.3) is 10.9 Å². The Morgan fingerprint density at radius 3 is 2.56 bits per heavy atom. The molecule has 2 N–H and O–H groups in total. The summed E-state index contributed by atoms with van der Waals surface area (Å²) in [7, 11) is 0. The smallest absolute Gasteiger partial charge is 0.311 e. The maximum Gasteiger partial charge on any atom is 0.311 e. The molecule has 0 fully saturated rings. The molecule has 1 heterocycles. The summed E-state index contributed by atoms with van der Waals surface area (Å²) in [5, 5.41) is 19.7. The van der Waals surface area contributed by atoms with Crippen molar-refractivity contribution >= 4 is 34.4 Å². The molecule has 5 nitrogen and oxygen atoms in total. The van der Waals surface area contributed by atoms with Crippen LogP contribution in [0.3, 0.4) is 0 Å². The number of phenolic OH excluding ortho intramolecular Hbond substituents is 1. The number of hydrogen-bond donors (Lipinski definition) is 2. The third-order valence-electron chi connectivity index (χ3n) is 4.66. The zero-order valence-electron chi connectivity index (χ0n) is 14.7. The van der Waals surface area contributed by atoms with E-state index in [9.17, 15) is 24.2 Å². The predicted molar refractivity (Wildman–Crippen MR) is 100 cm³/mol. The van der Waals surface area contributed by atoms with Gasteiger partial charge in [0.25, 0.3) is 5.91 Å². The highest BCUT2D eigenvalue weighted by atomic mass is 35.5. The van der Waals surface area contributed by atoms with Crippen molar-refractivity contribution < 1.29 is 24.2 Å². The van der Waals surface area contributed by atoms with E-state index < -0.39 is 29.4 Å². The van der Waals surface area contributed by atoms with Crippen LogP contribution >= 0.6 is 11.6 Å². The summed E-state index contributed by atoms with van der Waals surface area (Å²) < 4.78 is 16.0. The number of carboxylic acid groups (broad SMARTS) is 1. The summed E-state index contributed by atoms with van der Waals surface area (Å²) in [4.78, 5) is 24.8. The largest absolute Gasteiger partial charge is 0.505 e. The van der Waals surface area contributed by atoms with Crippen LogP contribution in [0.1, 0.15) is 40.9 Å². The maximum absolute atomic E-state index is 14.8. The highest BCUT2D eigenvalue weighted by Crippen LogP contribution is 2.38. The minimum atomic E-state index is -1.13. The number of hydrogen-bond acceptors (Lipinski definition) is 3. The van der Waals surface area contributed by atoms with Gasteiger partial charge in [-0.1, -0.05) is 24.6 Å². The van der Waals surface area contributed by atoms with Gasteiger partial charge in [-0.05, 0) is 49.2 Å². The molecule has 0 saturated carbocycles. The summed E-state index contributed by atoms with van der Waals surface area (Å²) in [5.74, 6) is -4.15. The monoisotopic (exact) mass is 389 g/mol. The lowest BCUT2D eigenvalue weighted by atomic mass is 9.93. The number of halogens is 2. The Kier molecular flexibility index (Phi) is 4.93. The van der Waals surface area contributed by atoms with Gasteiger partial charge in [0.1, 0.15) is 0 Å². The van der Waals surface area contributed by atoms with Gasteiger partial charge in [-0.2, -0.15) is 0 Å². The van der Waals surface area contributed by atoms with Crippen LogP contribution in [0.2, 0.25) is 5.02 Å². The molecular weight excluding hydrogens is 373 g/mol. The number of carbonyl (C=O) groups is 2. The van der Waals surface area contributed by atoms with Gasteiger partial charge >= 0.3 is 5.97 Å². The van der Waals surface area contributed by atoms with E-state index in [1.54, 1.807) is 32.0 Å². The van der Waals surface area contributed by atoms with Gasteiger partial charge < -0.3 is 10.2 Å². The summed E-state index contributed by atoms with van der Waals surface area (Å²) in [6.07, 6.45) is 0.204. The van der Waals surface area contributed by atoms with Crippen LogP contribution in [0.15, 0.2) is 36.4 Å². The van der Waals surface area contributed by atoms with E-state index in [4.69, 9.17) is 11.6 Å². The highest BCUT2D eigenvalue weighted by molar-refractivity contribution is 6.31. The van der Waals surface area contributed by atoms with Gasteiger partial charge in [-0.15, -0.1) is 0 Å². The first-order chi connectivity index (χ1) is 12.8. The van der Waals surface area contributed by atoms with E-state index in [2.05, 4.69) is 0 Å².